The van der Waals surface area contributed by atoms with Crippen LogP contribution in [-0.4, -0.2) is 51.1 Å². The second-order valence-electron chi connectivity index (χ2n) is 6.95. The highest BCUT2D eigenvalue weighted by Crippen LogP contribution is 2.39. The molecule has 3 aromatic rings. The molecule has 2 aliphatic heterocycles. The highest BCUT2D eigenvalue weighted by atomic mass is 35.5. The molecule has 0 radical (unpaired) electrons. The van der Waals surface area contributed by atoms with E-state index in [0.717, 1.165) is 27.4 Å². The van der Waals surface area contributed by atoms with Crippen LogP contribution >= 0.6 is 11.6 Å². The maximum Gasteiger partial charge on any atom is 0.274 e. The summed E-state index contributed by atoms with van der Waals surface area (Å²) in [5.41, 5.74) is 3.55. The second-order valence-corrected chi connectivity index (χ2v) is 8.81. The van der Waals surface area contributed by atoms with E-state index in [2.05, 4.69) is 0 Å². The normalized spacial score (nSPS) is 18.2. The Hall–Kier alpha value is -2.48. The van der Waals surface area contributed by atoms with Crippen molar-refractivity contribution in [3.05, 3.63) is 64.8 Å². The molecule has 0 bridgehead atoms. The third-order valence-corrected chi connectivity index (χ3v) is 6.87. The van der Waals surface area contributed by atoms with Crippen LogP contribution in [-0.2, 0) is 21.3 Å². The Bertz CT molecular complexity index is 1120. The van der Waals surface area contributed by atoms with Gasteiger partial charge in [0.2, 0.25) is 0 Å². The molecule has 1 unspecified atom stereocenters. The standard InChI is InChI=1S/C21H18ClN3O3S/c22-14-5-7-15(8-6-14)25-20-16-3-1-2-4-18(16)29(27)13-17(20)19(23-25)21(26)24-9-11-28-12-10-24/h1-8H,9-13H2. The van der Waals surface area contributed by atoms with Gasteiger partial charge in [-0.3, -0.25) is 9.00 Å². The molecule has 1 aromatic heterocycles. The number of halogens is 1. The summed E-state index contributed by atoms with van der Waals surface area (Å²) in [6, 6.07) is 14.9. The molecule has 8 heteroatoms. The maximum atomic E-state index is 13.3. The Morgan fingerprint density at radius 2 is 1.79 bits per heavy atom. The second kappa shape index (κ2) is 7.40. The van der Waals surface area contributed by atoms with Gasteiger partial charge >= 0.3 is 0 Å². The number of fused-ring (bicyclic) bond motifs is 3. The summed E-state index contributed by atoms with van der Waals surface area (Å²) in [4.78, 5) is 15.8. The number of carbonyl (C=O) groups is 1. The Kier molecular flexibility index (Phi) is 4.73. The van der Waals surface area contributed by atoms with Gasteiger partial charge in [-0.2, -0.15) is 5.10 Å². The summed E-state index contributed by atoms with van der Waals surface area (Å²) in [5.74, 6) is 0.124. The molecule has 1 atom stereocenters. The molecule has 1 fully saturated rings. The van der Waals surface area contributed by atoms with Crippen LogP contribution in [0.2, 0.25) is 5.02 Å². The van der Waals surface area contributed by atoms with Crippen LogP contribution in [0.5, 0.6) is 0 Å². The zero-order valence-corrected chi connectivity index (χ0v) is 17.1. The molecular weight excluding hydrogens is 410 g/mol. The fourth-order valence-electron chi connectivity index (χ4n) is 3.79. The summed E-state index contributed by atoms with van der Waals surface area (Å²) in [6.07, 6.45) is 0. The minimum Gasteiger partial charge on any atom is -0.378 e. The minimum atomic E-state index is -1.22. The maximum absolute atomic E-state index is 13.3. The Labute approximate surface area is 175 Å². The molecule has 0 aliphatic carbocycles. The summed E-state index contributed by atoms with van der Waals surface area (Å²) < 4.78 is 20.0. The Morgan fingerprint density at radius 1 is 1.07 bits per heavy atom. The molecule has 148 valence electrons. The van der Waals surface area contributed by atoms with E-state index < -0.39 is 10.8 Å². The first-order valence-corrected chi connectivity index (χ1v) is 11.1. The monoisotopic (exact) mass is 427 g/mol. The minimum absolute atomic E-state index is 0.145. The number of aromatic nitrogens is 2. The van der Waals surface area contributed by atoms with Gasteiger partial charge in [-0.25, -0.2) is 4.68 Å². The third-order valence-electron chi connectivity index (χ3n) is 5.22. The zero-order chi connectivity index (χ0) is 20.0. The van der Waals surface area contributed by atoms with Gasteiger partial charge in [0, 0.05) is 34.1 Å². The van der Waals surface area contributed by atoms with Crippen LogP contribution in [0.4, 0.5) is 0 Å². The first kappa shape index (κ1) is 18.5. The number of hydrogen-bond donors (Lipinski definition) is 0. The van der Waals surface area contributed by atoms with Crippen LogP contribution in [0.1, 0.15) is 16.1 Å². The topological polar surface area (TPSA) is 64.4 Å². The summed E-state index contributed by atoms with van der Waals surface area (Å²) in [5, 5.41) is 5.33. The molecule has 2 aromatic carbocycles. The predicted molar refractivity (Wildman–Crippen MR) is 111 cm³/mol. The number of rotatable bonds is 2. The number of benzene rings is 2. The molecular formula is C21H18ClN3O3S. The number of hydrogen-bond acceptors (Lipinski definition) is 4. The number of ether oxygens (including phenoxy) is 1. The van der Waals surface area contributed by atoms with Crippen molar-refractivity contribution in [1.82, 2.24) is 14.7 Å². The first-order chi connectivity index (χ1) is 14.1. The number of carbonyl (C=O) groups excluding carboxylic acids is 1. The van der Waals surface area contributed by atoms with Crippen molar-refractivity contribution in [2.75, 3.05) is 26.3 Å². The summed E-state index contributed by atoms with van der Waals surface area (Å²) in [6.45, 7) is 2.09. The van der Waals surface area contributed by atoms with Crippen LogP contribution in [0.15, 0.2) is 53.4 Å². The average Bonchev–Trinajstić information content (AvgIpc) is 3.14. The van der Waals surface area contributed by atoms with Gasteiger partial charge in [0.05, 0.1) is 41.1 Å². The molecule has 0 spiro atoms. The van der Waals surface area contributed by atoms with Crippen molar-refractivity contribution < 1.29 is 13.7 Å². The SMILES string of the molecule is O=C(c1nn(-c2ccc(Cl)cc2)c2c1CS(=O)c1ccccc1-2)N1CCOCC1. The van der Waals surface area contributed by atoms with Gasteiger partial charge in [-0.15, -0.1) is 0 Å². The predicted octanol–water partition coefficient (Wildman–Crippen LogP) is 3.29. The van der Waals surface area contributed by atoms with Gasteiger partial charge in [-0.1, -0.05) is 29.8 Å². The van der Waals surface area contributed by atoms with Crippen LogP contribution < -0.4 is 0 Å². The van der Waals surface area contributed by atoms with Crippen molar-refractivity contribution >= 4 is 28.3 Å². The lowest BCUT2D eigenvalue weighted by Gasteiger charge is -2.26. The highest BCUT2D eigenvalue weighted by molar-refractivity contribution is 7.84. The molecule has 0 N–H and O–H groups in total. The quantitative estimate of drug-likeness (QED) is 0.629. The third kappa shape index (κ3) is 3.19. The zero-order valence-electron chi connectivity index (χ0n) is 15.5. The van der Waals surface area contributed by atoms with E-state index in [1.54, 1.807) is 21.7 Å². The molecule has 2 aliphatic rings. The van der Waals surface area contributed by atoms with E-state index >= 15 is 0 Å². The Balaban J connectivity index is 1.71. The molecule has 3 heterocycles. The molecule has 29 heavy (non-hydrogen) atoms. The largest absolute Gasteiger partial charge is 0.378 e. The van der Waals surface area contributed by atoms with Crippen molar-refractivity contribution in [3.8, 4) is 16.9 Å². The molecule has 5 rings (SSSR count). The molecule has 6 nitrogen and oxygen atoms in total. The summed E-state index contributed by atoms with van der Waals surface area (Å²) >= 11 is 6.06. The summed E-state index contributed by atoms with van der Waals surface area (Å²) in [7, 11) is -1.22. The van der Waals surface area contributed by atoms with Gasteiger partial charge in [0.1, 0.15) is 0 Å². The van der Waals surface area contributed by atoms with Crippen molar-refractivity contribution in [3.63, 3.8) is 0 Å². The number of amides is 1. The Morgan fingerprint density at radius 3 is 2.55 bits per heavy atom. The lowest BCUT2D eigenvalue weighted by Crippen LogP contribution is -2.41. The van der Waals surface area contributed by atoms with Gasteiger partial charge in [0.25, 0.3) is 5.91 Å². The lowest BCUT2D eigenvalue weighted by atomic mass is 10.0. The first-order valence-electron chi connectivity index (χ1n) is 9.36. The van der Waals surface area contributed by atoms with E-state index in [1.807, 2.05) is 36.4 Å². The van der Waals surface area contributed by atoms with Gasteiger partial charge < -0.3 is 9.64 Å². The van der Waals surface area contributed by atoms with Crippen LogP contribution in [0, 0.1) is 0 Å². The van der Waals surface area contributed by atoms with Crippen molar-refractivity contribution in [2.24, 2.45) is 0 Å². The molecule has 0 saturated carbocycles. The van der Waals surface area contributed by atoms with E-state index in [9.17, 15) is 9.00 Å². The van der Waals surface area contributed by atoms with Crippen molar-refractivity contribution in [2.45, 2.75) is 10.6 Å². The lowest BCUT2D eigenvalue weighted by molar-refractivity contribution is 0.0298. The molecule has 1 amide bonds. The van der Waals surface area contributed by atoms with Gasteiger partial charge in [-0.05, 0) is 30.3 Å². The highest BCUT2D eigenvalue weighted by Gasteiger charge is 2.33. The van der Waals surface area contributed by atoms with E-state index in [-0.39, 0.29) is 11.7 Å². The van der Waals surface area contributed by atoms with Crippen LogP contribution in [0.3, 0.4) is 0 Å². The number of morpholine rings is 1. The smallest absolute Gasteiger partial charge is 0.274 e. The van der Waals surface area contributed by atoms with Crippen molar-refractivity contribution in [1.29, 1.82) is 0 Å². The van der Waals surface area contributed by atoms with E-state index in [1.165, 1.54) is 0 Å². The number of nitrogens with zero attached hydrogens (tertiary/aromatic N) is 3. The fraction of sp³-hybridized carbons (Fsp3) is 0.238. The van der Waals surface area contributed by atoms with E-state index in [4.69, 9.17) is 21.4 Å². The van der Waals surface area contributed by atoms with E-state index in [0.29, 0.717) is 37.0 Å². The molecule has 1 saturated heterocycles. The van der Waals surface area contributed by atoms with Crippen LogP contribution in [0.25, 0.3) is 16.9 Å². The fourth-order valence-corrected chi connectivity index (χ4v) is 5.25. The van der Waals surface area contributed by atoms with Gasteiger partial charge in [0.15, 0.2) is 5.69 Å². The average molecular weight is 428 g/mol.